The van der Waals surface area contributed by atoms with Gasteiger partial charge in [0.2, 0.25) is 0 Å². The Morgan fingerprint density at radius 1 is 1.18 bits per heavy atom. The molecule has 2 saturated heterocycles. The van der Waals surface area contributed by atoms with Crippen LogP contribution in [0.5, 0.6) is 0 Å². The zero-order valence-corrected chi connectivity index (χ0v) is 14.7. The van der Waals surface area contributed by atoms with Gasteiger partial charge in [0.1, 0.15) is 5.60 Å². The number of hydrogen-bond donors (Lipinski definition) is 1. The first-order valence-electron chi connectivity index (χ1n) is 8.62. The first kappa shape index (κ1) is 17.5. The highest BCUT2D eigenvalue weighted by molar-refractivity contribution is 5.68. The molecule has 2 heterocycles. The van der Waals surface area contributed by atoms with Gasteiger partial charge >= 0.3 is 6.09 Å². The van der Waals surface area contributed by atoms with Crippen LogP contribution in [-0.2, 0) is 9.47 Å². The van der Waals surface area contributed by atoms with Gasteiger partial charge in [0, 0.05) is 31.3 Å². The molecule has 4 unspecified atom stereocenters. The molecule has 0 saturated carbocycles. The monoisotopic (exact) mass is 312 g/mol. The first-order valence-corrected chi connectivity index (χ1v) is 8.62. The zero-order chi connectivity index (χ0) is 16.3. The van der Waals surface area contributed by atoms with Crippen molar-refractivity contribution < 1.29 is 14.3 Å². The van der Waals surface area contributed by atoms with E-state index in [4.69, 9.17) is 9.47 Å². The second-order valence-electron chi connectivity index (χ2n) is 7.81. The van der Waals surface area contributed by atoms with E-state index in [1.807, 2.05) is 25.7 Å². The lowest BCUT2D eigenvalue weighted by Gasteiger charge is -2.40. The Hall–Kier alpha value is -0.810. The number of hydrogen-bond acceptors (Lipinski definition) is 4. The van der Waals surface area contributed by atoms with Crippen molar-refractivity contribution in [1.29, 1.82) is 0 Å². The summed E-state index contributed by atoms with van der Waals surface area (Å²) >= 11 is 0. The van der Waals surface area contributed by atoms with E-state index in [0.717, 1.165) is 38.8 Å². The number of likely N-dealkylation sites (tertiary alicyclic amines) is 1. The third-order valence-corrected chi connectivity index (χ3v) is 4.46. The van der Waals surface area contributed by atoms with E-state index in [0.29, 0.717) is 18.2 Å². The van der Waals surface area contributed by atoms with E-state index in [1.165, 1.54) is 0 Å². The minimum Gasteiger partial charge on any atom is -0.444 e. The molecule has 5 heteroatoms. The number of nitrogens with zero attached hydrogens (tertiary/aromatic N) is 1. The summed E-state index contributed by atoms with van der Waals surface area (Å²) < 4.78 is 11.1. The SMILES string of the molecule is CC1CC(NC2CCN(C(=O)OC(C)(C)C)C(C)C2)CCO1. The molecule has 128 valence electrons. The molecule has 0 radical (unpaired) electrons. The van der Waals surface area contributed by atoms with Crippen molar-refractivity contribution >= 4 is 6.09 Å². The Morgan fingerprint density at radius 3 is 2.45 bits per heavy atom. The average Bonchev–Trinajstić information content (AvgIpc) is 2.36. The van der Waals surface area contributed by atoms with Gasteiger partial charge in [-0.3, -0.25) is 0 Å². The molecule has 0 aromatic rings. The predicted molar refractivity (Wildman–Crippen MR) is 87.0 cm³/mol. The molecule has 2 rings (SSSR count). The standard InChI is InChI=1S/C17H32N2O3/c1-12-10-14(18-15-7-9-21-13(2)11-15)6-8-19(12)16(20)22-17(3,4)5/h12-15,18H,6-11H2,1-5H3. The van der Waals surface area contributed by atoms with Gasteiger partial charge in [-0.15, -0.1) is 0 Å². The van der Waals surface area contributed by atoms with Crippen LogP contribution < -0.4 is 5.32 Å². The van der Waals surface area contributed by atoms with Crippen LogP contribution in [0.15, 0.2) is 0 Å². The minimum absolute atomic E-state index is 0.182. The lowest BCUT2D eigenvalue weighted by Crippen LogP contribution is -2.53. The van der Waals surface area contributed by atoms with Crippen molar-refractivity contribution in [2.24, 2.45) is 0 Å². The number of piperidine rings is 1. The van der Waals surface area contributed by atoms with E-state index in [-0.39, 0.29) is 12.1 Å². The van der Waals surface area contributed by atoms with E-state index in [1.54, 1.807) is 0 Å². The molecule has 0 spiro atoms. The van der Waals surface area contributed by atoms with Gasteiger partial charge in [-0.1, -0.05) is 0 Å². The van der Waals surface area contributed by atoms with Crippen LogP contribution in [0.4, 0.5) is 4.79 Å². The van der Waals surface area contributed by atoms with E-state index in [9.17, 15) is 4.79 Å². The second kappa shape index (κ2) is 7.18. The van der Waals surface area contributed by atoms with Gasteiger partial charge in [0.05, 0.1) is 6.10 Å². The molecule has 2 aliphatic rings. The number of carbonyl (C=O) groups excluding carboxylic acids is 1. The molecule has 2 aliphatic heterocycles. The zero-order valence-electron chi connectivity index (χ0n) is 14.7. The van der Waals surface area contributed by atoms with Gasteiger partial charge in [-0.2, -0.15) is 0 Å². The van der Waals surface area contributed by atoms with Gasteiger partial charge < -0.3 is 19.7 Å². The van der Waals surface area contributed by atoms with Crippen molar-refractivity contribution in [1.82, 2.24) is 10.2 Å². The van der Waals surface area contributed by atoms with Gasteiger partial charge in [-0.05, 0) is 60.3 Å². The Labute approximate surface area is 134 Å². The van der Waals surface area contributed by atoms with E-state index < -0.39 is 5.60 Å². The molecule has 0 aliphatic carbocycles. The molecule has 0 aromatic carbocycles. The summed E-state index contributed by atoms with van der Waals surface area (Å²) in [4.78, 5) is 14.1. The Morgan fingerprint density at radius 2 is 1.86 bits per heavy atom. The predicted octanol–water partition coefficient (Wildman–Crippen LogP) is 2.93. The summed E-state index contributed by atoms with van der Waals surface area (Å²) in [5.41, 5.74) is -0.426. The maximum Gasteiger partial charge on any atom is 0.410 e. The Kier molecular flexibility index (Phi) is 5.72. The fourth-order valence-electron chi connectivity index (χ4n) is 3.40. The molecular weight excluding hydrogens is 280 g/mol. The minimum atomic E-state index is -0.426. The van der Waals surface area contributed by atoms with Crippen LogP contribution in [0, 0.1) is 0 Å². The maximum absolute atomic E-state index is 12.2. The van der Waals surface area contributed by atoms with Gasteiger partial charge in [-0.25, -0.2) is 4.79 Å². The van der Waals surface area contributed by atoms with Crippen LogP contribution in [0.25, 0.3) is 0 Å². The smallest absolute Gasteiger partial charge is 0.410 e. The largest absolute Gasteiger partial charge is 0.444 e. The molecule has 5 nitrogen and oxygen atoms in total. The van der Waals surface area contributed by atoms with Crippen LogP contribution in [0.1, 0.15) is 60.3 Å². The van der Waals surface area contributed by atoms with Crippen molar-refractivity contribution in [2.45, 2.75) is 90.1 Å². The number of nitrogens with one attached hydrogen (secondary N) is 1. The van der Waals surface area contributed by atoms with Gasteiger partial charge in [0.25, 0.3) is 0 Å². The molecule has 2 fully saturated rings. The summed E-state index contributed by atoms with van der Waals surface area (Å²) in [7, 11) is 0. The molecular formula is C17H32N2O3. The molecule has 1 amide bonds. The molecule has 0 aromatic heterocycles. The highest BCUT2D eigenvalue weighted by Crippen LogP contribution is 2.22. The van der Waals surface area contributed by atoms with Crippen LogP contribution in [0.3, 0.4) is 0 Å². The molecule has 22 heavy (non-hydrogen) atoms. The summed E-state index contributed by atoms with van der Waals surface area (Å²) in [6.07, 6.45) is 4.33. The summed E-state index contributed by atoms with van der Waals surface area (Å²) in [5.74, 6) is 0. The summed E-state index contributed by atoms with van der Waals surface area (Å²) in [5, 5.41) is 3.77. The van der Waals surface area contributed by atoms with Crippen molar-refractivity contribution in [3.63, 3.8) is 0 Å². The Balaban J connectivity index is 1.80. The lowest BCUT2D eigenvalue weighted by atomic mass is 9.95. The highest BCUT2D eigenvalue weighted by Gasteiger charge is 2.33. The van der Waals surface area contributed by atoms with Crippen LogP contribution >= 0.6 is 0 Å². The average molecular weight is 312 g/mol. The third kappa shape index (κ3) is 5.13. The van der Waals surface area contributed by atoms with Crippen LogP contribution in [0.2, 0.25) is 0 Å². The highest BCUT2D eigenvalue weighted by atomic mass is 16.6. The number of rotatable bonds is 2. The fourth-order valence-corrected chi connectivity index (χ4v) is 3.40. The first-order chi connectivity index (χ1) is 10.2. The fraction of sp³-hybridized carbons (Fsp3) is 0.941. The Bertz CT molecular complexity index is 381. The topological polar surface area (TPSA) is 50.8 Å². The number of carbonyl (C=O) groups is 1. The second-order valence-corrected chi connectivity index (χ2v) is 7.81. The van der Waals surface area contributed by atoms with Crippen LogP contribution in [-0.4, -0.2) is 54.0 Å². The molecule has 1 N–H and O–H groups in total. The van der Waals surface area contributed by atoms with E-state index >= 15 is 0 Å². The quantitative estimate of drug-likeness (QED) is 0.852. The van der Waals surface area contributed by atoms with Gasteiger partial charge in [0.15, 0.2) is 0 Å². The molecule has 4 atom stereocenters. The summed E-state index contributed by atoms with van der Waals surface area (Å²) in [6, 6.07) is 1.26. The van der Waals surface area contributed by atoms with Crippen molar-refractivity contribution in [3.05, 3.63) is 0 Å². The lowest BCUT2D eigenvalue weighted by molar-refractivity contribution is 0.000651. The van der Waals surface area contributed by atoms with Crippen molar-refractivity contribution in [2.75, 3.05) is 13.2 Å². The summed E-state index contributed by atoms with van der Waals surface area (Å²) in [6.45, 7) is 11.6. The third-order valence-electron chi connectivity index (χ3n) is 4.46. The number of ether oxygens (including phenoxy) is 2. The number of amides is 1. The molecule has 0 bridgehead atoms. The van der Waals surface area contributed by atoms with Crippen molar-refractivity contribution in [3.8, 4) is 0 Å². The maximum atomic E-state index is 12.2. The normalized spacial score (nSPS) is 33.6. The van der Waals surface area contributed by atoms with E-state index in [2.05, 4.69) is 19.2 Å².